The van der Waals surface area contributed by atoms with Crippen molar-refractivity contribution in [2.24, 2.45) is 9.98 Å². The van der Waals surface area contributed by atoms with Gasteiger partial charge in [-0.3, -0.25) is 28.7 Å². The molecule has 0 unspecified atom stereocenters. The van der Waals surface area contributed by atoms with Gasteiger partial charge in [0.15, 0.2) is 11.9 Å². The molecule has 0 atom stereocenters. The number of benzene rings is 4. The van der Waals surface area contributed by atoms with Gasteiger partial charge in [0.2, 0.25) is 0 Å². The second-order valence-corrected chi connectivity index (χ2v) is 12.1. The van der Waals surface area contributed by atoms with Crippen LogP contribution in [0.1, 0.15) is 31.8 Å². The molecule has 280 valence electrons. The number of rotatable bonds is 10. The molecule has 2 heterocycles. The molecule has 0 bridgehead atoms. The number of guanidine groups is 2. The van der Waals surface area contributed by atoms with Crippen molar-refractivity contribution in [2.75, 3.05) is 51.0 Å². The topological polar surface area (TPSA) is 224 Å². The number of nitrogens with zero attached hydrogens (tertiary/aromatic N) is 2. The molecule has 53 heavy (non-hydrogen) atoms. The maximum absolute atomic E-state index is 12.1. The fraction of sp³-hybridized carbons (Fsp3) is 0.222. The quantitative estimate of drug-likeness (QED) is 0.110. The minimum atomic E-state index is -4.67. The standard InChI is InChI=1S/2C18H20N4O2.H2O4S/c2*1-24-16-8-4-14(5-9-16)17(23)21-12-13-2-6-15(7-3-13)22-18-19-10-11-20-18;1-5(2,3)4/h2*2-9H,10-12H2,1H3,(H,21,23)(H2,19,20,22);(H2,1,2,3,4). The van der Waals surface area contributed by atoms with Gasteiger partial charge >= 0.3 is 10.4 Å². The lowest BCUT2D eigenvalue weighted by molar-refractivity contribution is 0.0943. The molecule has 2 amide bonds. The number of ether oxygens (including phenoxy) is 2. The van der Waals surface area contributed by atoms with E-state index in [-0.39, 0.29) is 11.8 Å². The first-order valence-electron chi connectivity index (χ1n) is 16.3. The summed E-state index contributed by atoms with van der Waals surface area (Å²) in [4.78, 5) is 32.8. The minimum absolute atomic E-state index is 0.107. The Labute approximate surface area is 307 Å². The van der Waals surface area contributed by atoms with Crippen molar-refractivity contribution in [1.29, 1.82) is 0 Å². The van der Waals surface area contributed by atoms with Gasteiger partial charge in [-0.05, 0) is 83.9 Å². The number of methoxy groups -OCH3 is 2. The van der Waals surface area contributed by atoms with Crippen LogP contribution in [0, 0.1) is 0 Å². The summed E-state index contributed by atoms with van der Waals surface area (Å²) in [6.07, 6.45) is 0. The van der Waals surface area contributed by atoms with Gasteiger partial charge in [0.05, 0.1) is 27.3 Å². The molecule has 0 radical (unpaired) electrons. The molecular formula is C36H42N8O8S. The van der Waals surface area contributed by atoms with E-state index in [0.717, 1.165) is 72.1 Å². The van der Waals surface area contributed by atoms with Crippen LogP contribution in [-0.2, 0) is 23.5 Å². The van der Waals surface area contributed by atoms with Gasteiger partial charge < -0.3 is 41.4 Å². The molecule has 6 rings (SSSR count). The van der Waals surface area contributed by atoms with Crippen LogP contribution in [0.15, 0.2) is 107 Å². The van der Waals surface area contributed by atoms with Crippen molar-refractivity contribution in [1.82, 2.24) is 21.3 Å². The lowest BCUT2D eigenvalue weighted by Crippen LogP contribution is -2.26. The molecule has 16 nitrogen and oxygen atoms in total. The summed E-state index contributed by atoms with van der Waals surface area (Å²) in [7, 11) is -1.47. The molecule has 0 fully saturated rings. The minimum Gasteiger partial charge on any atom is -0.497 e. The summed E-state index contributed by atoms with van der Waals surface area (Å²) < 4.78 is 41.8. The lowest BCUT2D eigenvalue weighted by atomic mass is 10.1. The molecule has 2 aliphatic rings. The number of anilines is 2. The van der Waals surface area contributed by atoms with Crippen LogP contribution in [0.3, 0.4) is 0 Å². The number of nitrogens with one attached hydrogen (secondary N) is 6. The van der Waals surface area contributed by atoms with Crippen molar-refractivity contribution < 1.29 is 36.6 Å². The van der Waals surface area contributed by atoms with Gasteiger partial charge in [-0.2, -0.15) is 8.42 Å². The first-order valence-corrected chi connectivity index (χ1v) is 17.7. The van der Waals surface area contributed by atoms with Gasteiger partial charge in [-0.1, -0.05) is 24.3 Å². The Hall–Kier alpha value is -6.17. The van der Waals surface area contributed by atoms with Crippen LogP contribution in [0.25, 0.3) is 0 Å². The van der Waals surface area contributed by atoms with Crippen molar-refractivity contribution in [2.45, 2.75) is 13.1 Å². The van der Waals surface area contributed by atoms with Crippen LogP contribution >= 0.6 is 0 Å². The third kappa shape index (κ3) is 14.5. The van der Waals surface area contributed by atoms with Crippen molar-refractivity contribution >= 4 is 45.5 Å². The van der Waals surface area contributed by atoms with Crippen LogP contribution in [0.5, 0.6) is 11.5 Å². The summed E-state index contributed by atoms with van der Waals surface area (Å²) in [5, 5.41) is 18.6. The molecule has 2 aliphatic heterocycles. The normalized spacial score (nSPS) is 12.8. The fourth-order valence-electron chi connectivity index (χ4n) is 4.70. The molecule has 17 heteroatoms. The zero-order chi connectivity index (χ0) is 38.1. The predicted octanol–water partition coefficient (Wildman–Crippen LogP) is 3.34. The van der Waals surface area contributed by atoms with Crippen molar-refractivity contribution in [3.05, 3.63) is 119 Å². The molecule has 0 spiro atoms. The highest BCUT2D eigenvalue weighted by Crippen LogP contribution is 2.14. The summed E-state index contributed by atoms with van der Waals surface area (Å²) in [6.45, 7) is 4.31. The Kier molecular flexibility index (Phi) is 15.0. The molecule has 4 aromatic rings. The Morgan fingerprint density at radius 1 is 0.623 bits per heavy atom. The Balaban J connectivity index is 0.000000210. The van der Waals surface area contributed by atoms with E-state index < -0.39 is 10.4 Å². The van der Waals surface area contributed by atoms with Gasteiger partial charge in [-0.15, -0.1) is 0 Å². The zero-order valence-corrected chi connectivity index (χ0v) is 29.9. The van der Waals surface area contributed by atoms with E-state index >= 15 is 0 Å². The molecule has 0 saturated heterocycles. The number of hydrogen-bond acceptors (Lipinski definition) is 12. The average molecular weight is 747 g/mol. The molecule has 0 saturated carbocycles. The second-order valence-electron chi connectivity index (χ2n) is 11.2. The number of amides is 2. The Morgan fingerprint density at radius 2 is 0.962 bits per heavy atom. The van der Waals surface area contributed by atoms with E-state index in [0.29, 0.717) is 24.2 Å². The predicted molar refractivity (Wildman–Crippen MR) is 203 cm³/mol. The van der Waals surface area contributed by atoms with E-state index in [1.54, 1.807) is 62.8 Å². The summed E-state index contributed by atoms with van der Waals surface area (Å²) in [5.41, 5.74) is 5.22. The fourth-order valence-corrected chi connectivity index (χ4v) is 4.70. The summed E-state index contributed by atoms with van der Waals surface area (Å²) in [6, 6.07) is 29.9. The van der Waals surface area contributed by atoms with Crippen LogP contribution in [0.4, 0.5) is 11.4 Å². The second kappa shape index (κ2) is 20.0. The molecule has 4 aromatic carbocycles. The van der Waals surface area contributed by atoms with E-state index in [1.807, 2.05) is 48.5 Å². The third-order valence-electron chi connectivity index (χ3n) is 7.39. The maximum atomic E-state index is 12.1. The maximum Gasteiger partial charge on any atom is 0.394 e. The summed E-state index contributed by atoms with van der Waals surface area (Å²) >= 11 is 0. The third-order valence-corrected chi connectivity index (χ3v) is 7.39. The van der Waals surface area contributed by atoms with Gasteiger partial charge in [0.25, 0.3) is 11.8 Å². The molecule has 0 aromatic heterocycles. The largest absolute Gasteiger partial charge is 0.497 e. The highest BCUT2D eigenvalue weighted by Gasteiger charge is 2.09. The lowest BCUT2D eigenvalue weighted by Gasteiger charge is -2.09. The van der Waals surface area contributed by atoms with Crippen molar-refractivity contribution in [3.63, 3.8) is 0 Å². The monoisotopic (exact) mass is 746 g/mol. The van der Waals surface area contributed by atoms with Crippen LogP contribution < -0.4 is 41.4 Å². The smallest absolute Gasteiger partial charge is 0.394 e. The average Bonchev–Trinajstić information content (AvgIpc) is 3.89. The highest BCUT2D eigenvalue weighted by molar-refractivity contribution is 7.79. The first kappa shape index (κ1) is 39.6. The van der Waals surface area contributed by atoms with Crippen LogP contribution in [-0.4, -0.2) is 81.7 Å². The van der Waals surface area contributed by atoms with Crippen molar-refractivity contribution in [3.8, 4) is 11.5 Å². The number of hydrogen-bond donors (Lipinski definition) is 8. The van der Waals surface area contributed by atoms with Gasteiger partial charge in [-0.25, -0.2) is 0 Å². The van der Waals surface area contributed by atoms with Crippen LogP contribution in [0.2, 0.25) is 0 Å². The first-order chi connectivity index (χ1) is 25.5. The van der Waals surface area contributed by atoms with E-state index in [1.165, 1.54) is 0 Å². The molecule has 8 N–H and O–H groups in total. The zero-order valence-electron chi connectivity index (χ0n) is 29.1. The Bertz CT molecular complexity index is 1820. The van der Waals surface area contributed by atoms with E-state index in [2.05, 4.69) is 41.9 Å². The van der Waals surface area contributed by atoms with Gasteiger partial charge in [0, 0.05) is 48.7 Å². The van der Waals surface area contributed by atoms with E-state index in [4.69, 9.17) is 27.0 Å². The van der Waals surface area contributed by atoms with Gasteiger partial charge in [0.1, 0.15) is 11.5 Å². The molecular weight excluding hydrogens is 705 g/mol. The number of aliphatic imine (C=N–C) groups is 2. The molecule has 0 aliphatic carbocycles. The number of carbonyl (C=O) groups is 2. The van der Waals surface area contributed by atoms with E-state index in [9.17, 15) is 9.59 Å². The SMILES string of the molecule is COc1ccc(C(=O)NCc2ccc(NC3=NCCN3)cc2)cc1.COc1ccc(C(=O)NCc2ccc(NC3=NCCN3)cc2)cc1.O=S(=O)(O)O. The number of carbonyl (C=O) groups excluding carboxylic acids is 2. The Morgan fingerprint density at radius 3 is 1.25 bits per heavy atom. The highest BCUT2D eigenvalue weighted by atomic mass is 32.3. The summed E-state index contributed by atoms with van der Waals surface area (Å²) in [5.74, 6) is 2.85.